The van der Waals surface area contributed by atoms with Gasteiger partial charge in [0.25, 0.3) is 0 Å². The van der Waals surface area contributed by atoms with Crippen molar-refractivity contribution in [2.45, 2.75) is 38.3 Å². The molecular formula is C18H25N3O3. The molecule has 1 aliphatic rings. The molecular weight excluding hydrogens is 306 g/mol. The van der Waals surface area contributed by atoms with E-state index in [0.717, 1.165) is 37.1 Å². The second kappa shape index (κ2) is 7.77. The molecule has 0 saturated heterocycles. The standard InChI is InChI=1S/C18H25N3O3/c1-21(11-14-6-3-4-9-16(14)22)12-17-19-18(20-24-17)13-7-5-8-15(10-13)23-2/h5,7-8,10,14,16,22H,3-4,6,9,11-12H2,1-2H3. The third-order valence-corrected chi connectivity index (χ3v) is 4.62. The zero-order chi connectivity index (χ0) is 16.9. The highest BCUT2D eigenvalue weighted by atomic mass is 16.5. The molecule has 3 rings (SSSR count). The normalized spacial score (nSPS) is 21.2. The summed E-state index contributed by atoms with van der Waals surface area (Å²) in [5.74, 6) is 2.25. The fourth-order valence-electron chi connectivity index (χ4n) is 3.30. The van der Waals surface area contributed by atoms with Gasteiger partial charge in [-0.15, -0.1) is 0 Å². The molecule has 1 aromatic carbocycles. The monoisotopic (exact) mass is 331 g/mol. The van der Waals surface area contributed by atoms with Gasteiger partial charge in [-0.25, -0.2) is 0 Å². The quantitative estimate of drug-likeness (QED) is 0.877. The van der Waals surface area contributed by atoms with Crippen LogP contribution in [0.15, 0.2) is 28.8 Å². The number of nitrogens with zero attached hydrogens (tertiary/aromatic N) is 3. The summed E-state index contributed by atoms with van der Waals surface area (Å²) in [4.78, 5) is 6.61. The molecule has 2 aromatic rings. The summed E-state index contributed by atoms with van der Waals surface area (Å²) in [5.41, 5.74) is 0.870. The Morgan fingerprint density at radius 2 is 2.17 bits per heavy atom. The summed E-state index contributed by atoms with van der Waals surface area (Å²) in [6, 6.07) is 7.60. The highest BCUT2D eigenvalue weighted by Gasteiger charge is 2.24. The number of hydrogen-bond acceptors (Lipinski definition) is 6. The van der Waals surface area contributed by atoms with Crippen molar-refractivity contribution < 1.29 is 14.4 Å². The molecule has 0 aliphatic heterocycles. The van der Waals surface area contributed by atoms with Crippen molar-refractivity contribution in [3.63, 3.8) is 0 Å². The van der Waals surface area contributed by atoms with Crippen LogP contribution in [-0.2, 0) is 6.54 Å². The molecule has 0 spiro atoms. The molecule has 130 valence electrons. The maximum atomic E-state index is 10.1. The van der Waals surface area contributed by atoms with Gasteiger partial charge in [0.05, 0.1) is 19.8 Å². The van der Waals surface area contributed by atoms with Crippen molar-refractivity contribution in [1.29, 1.82) is 0 Å². The zero-order valence-corrected chi connectivity index (χ0v) is 14.3. The first kappa shape index (κ1) is 16.9. The van der Waals surface area contributed by atoms with Crippen LogP contribution >= 0.6 is 0 Å². The van der Waals surface area contributed by atoms with Gasteiger partial charge in [0.1, 0.15) is 5.75 Å². The summed E-state index contributed by atoms with van der Waals surface area (Å²) in [7, 11) is 3.66. The van der Waals surface area contributed by atoms with E-state index >= 15 is 0 Å². The van der Waals surface area contributed by atoms with Gasteiger partial charge in [-0.2, -0.15) is 4.98 Å². The molecule has 2 unspecified atom stereocenters. The van der Waals surface area contributed by atoms with Crippen molar-refractivity contribution in [3.05, 3.63) is 30.2 Å². The Balaban J connectivity index is 1.60. The predicted octanol–water partition coefficient (Wildman–Crippen LogP) is 2.73. The van der Waals surface area contributed by atoms with E-state index in [1.165, 1.54) is 6.42 Å². The number of ether oxygens (including phenoxy) is 1. The fraction of sp³-hybridized carbons (Fsp3) is 0.556. The molecule has 2 atom stereocenters. The lowest BCUT2D eigenvalue weighted by Gasteiger charge is -2.30. The Hall–Kier alpha value is -1.92. The van der Waals surface area contributed by atoms with Crippen LogP contribution in [0.4, 0.5) is 0 Å². The Kier molecular flexibility index (Phi) is 5.48. The van der Waals surface area contributed by atoms with E-state index in [-0.39, 0.29) is 6.10 Å². The van der Waals surface area contributed by atoms with E-state index in [1.807, 2.05) is 31.3 Å². The van der Waals surface area contributed by atoms with Crippen molar-refractivity contribution in [3.8, 4) is 17.1 Å². The molecule has 6 nitrogen and oxygen atoms in total. The minimum atomic E-state index is -0.184. The third kappa shape index (κ3) is 4.13. The predicted molar refractivity (Wildman–Crippen MR) is 90.6 cm³/mol. The minimum absolute atomic E-state index is 0.184. The molecule has 1 aliphatic carbocycles. The summed E-state index contributed by atoms with van der Waals surface area (Å²) < 4.78 is 10.6. The van der Waals surface area contributed by atoms with Crippen molar-refractivity contribution in [2.24, 2.45) is 5.92 Å². The largest absolute Gasteiger partial charge is 0.497 e. The van der Waals surface area contributed by atoms with Crippen LogP contribution in [0.2, 0.25) is 0 Å². The average Bonchev–Trinajstić information content (AvgIpc) is 3.05. The average molecular weight is 331 g/mol. The zero-order valence-electron chi connectivity index (χ0n) is 14.3. The van der Waals surface area contributed by atoms with Gasteiger partial charge in [0.2, 0.25) is 11.7 Å². The highest BCUT2D eigenvalue weighted by Crippen LogP contribution is 2.25. The molecule has 0 bridgehead atoms. The second-order valence-electron chi connectivity index (χ2n) is 6.55. The summed E-state index contributed by atoms with van der Waals surface area (Å²) >= 11 is 0. The third-order valence-electron chi connectivity index (χ3n) is 4.62. The first-order chi connectivity index (χ1) is 11.7. The van der Waals surface area contributed by atoms with Gasteiger partial charge in [-0.3, -0.25) is 4.90 Å². The Morgan fingerprint density at radius 1 is 1.33 bits per heavy atom. The van der Waals surface area contributed by atoms with Gasteiger partial charge < -0.3 is 14.4 Å². The van der Waals surface area contributed by atoms with Crippen LogP contribution in [0, 0.1) is 5.92 Å². The maximum Gasteiger partial charge on any atom is 0.241 e. The molecule has 1 heterocycles. The first-order valence-electron chi connectivity index (χ1n) is 8.49. The first-order valence-corrected chi connectivity index (χ1v) is 8.49. The number of hydrogen-bond donors (Lipinski definition) is 1. The molecule has 24 heavy (non-hydrogen) atoms. The van der Waals surface area contributed by atoms with E-state index in [9.17, 15) is 5.11 Å². The molecule has 0 amide bonds. The lowest BCUT2D eigenvalue weighted by atomic mass is 9.86. The Morgan fingerprint density at radius 3 is 2.96 bits per heavy atom. The van der Waals surface area contributed by atoms with E-state index in [1.54, 1.807) is 7.11 Å². The molecule has 0 radical (unpaired) electrons. The van der Waals surface area contributed by atoms with E-state index < -0.39 is 0 Å². The lowest BCUT2D eigenvalue weighted by Crippen LogP contribution is -2.34. The van der Waals surface area contributed by atoms with Crippen LogP contribution in [0.5, 0.6) is 5.75 Å². The molecule has 6 heteroatoms. The van der Waals surface area contributed by atoms with E-state index in [2.05, 4.69) is 15.0 Å². The Bertz CT molecular complexity index is 658. The van der Waals surface area contributed by atoms with Gasteiger partial charge in [0, 0.05) is 12.1 Å². The van der Waals surface area contributed by atoms with Crippen LogP contribution in [0.3, 0.4) is 0 Å². The lowest BCUT2D eigenvalue weighted by molar-refractivity contribution is 0.0484. The van der Waals surface area contributed by atoms with Gasteiger partial charge in [0.15, 0.2) is 0 Å². The van der Waals surface area contributed by atoms with Crippen LogP contribution in [0.1, 0.15) is 31.6 Å². The topological polar surface area (TPSA) is 71.6 Å². The van der Waals surface area contributed by atoms with Gasteiger partial charge >= 0.3 is 0 Å². The van der Waals surface area contributed by atoms with E-state index in [0.29, 0.717) is 24.2 Å². The number of aliphatic hydroxyl groups excluding tert-OH is 1. The van der Waals surface area contributed by atoms with Crippen LogP contribution in [0.25, 0.3) is 11.4 Å². The summed E-state index contributed by atoms with van der Waals surface area (Å²) in [6.07, 6.45) is 4.16. The SMILES string of the molecule is COc1cccc(-c2noc(CN(C)CC3CCCCC3O)n2)c1. The summed E-state index contributed by atoms with van der Waals surface area (Å²) in [5, 5.41) is 14.2. The summed E-state index contributed by atoms with van der Waals surface area (Å²) in [6.45, 7) is 1.43. The van der Waals surface area contributed by atoms with E-state index in [4.69, 9.17) is 9.26 Å². The fourth-order valence-corrected chi connectivity index (χ4v) is 3.30. The number of rotatable bonds is 6. The molecule has 1 saturated carbocycles. The Labute approximate surface area is 142 Å². The van der Waals surface area contributed by atoms with Crippen LogP contribution in [-0.4, -0.2) is 47.0 Å². The second-order valence-corrected chi connectivity index (χ2v) is 6.55. The van der Waals surface area contributed by atoms with Crippen molar-refractivity contribution in [2.75, 3.05) is 20.7 Å². The van der Waals surface area contributed by atoms with Crippen molar-refractivity contribution in [1.82, 2.24) is 15.0 Å². The molecule has 1 aromatic heterocycles. The molecule has 1 N–H and O–H groups in total. The van der Waals surface area contributed by atoms with Crippen molar-refractivity contribution >= 4 is 0 Å². The number of benzene rings is 1. The maximum absolute atomic E-state index is 10.1. The highest BCUT2D eigenvalue weighted by molar-refractivity contribution is 5.56. The smallest absolute Gasteiger partial charge is 0.241 e. The van der Waals surface area contributed by atoms with Gasteiger partial charge in [-0.1, -0.05) is 30.1 Å². The van der Waals surface area contributed by atoms with Crippen LogP contribution < -0.4 is 4.74 Å². The number of aromatic nitrogens is 2. The molecule has 1 fully saturated rings. The number of aliphatic hydroxyl groups is 1. The minimum Gasteiger partial charge on any atom is -0.497 e. The number of methoxy groups -OCH3 is 1. The van der Waals surface area contributed by atoms with Gasteiger partial charge in [-0.05, 0) is 37.9 Å².